The quantitative estimate of drug-likeness (QED) is 0.396. The minimum Gasteiger partial charge on any atom is -0.497 e. The van der Waals surface area contributed by atoms with Crippen LogP contribution in [-0.4, -0.2) is 96.2 Å². The van der Waals surface area contributed by atoms with E-state index in [0.717, 1.165) is 0 Å². The Morgan fingerprint density at radius 2 is 1.74 bits per heavy atom. The predicted octanol–water partition coefficient (Wildman–Crippen LogP) is 2.65. The minimum absolute atomic E-state index is 0.111. The van der Waals surface area contributed by atoms with Crippen molar-refractivity contribution < 1.29 is 38.5 Å². The third-order valence-corrected chi connectivity index (χ3v) is 9.66. The Morgan fingerprint density at radius 1 is 1.00 bits per heavy atom. The van der Waals surface area contributed by atoms with E-state index in [9.17, 15) is 24.3 Å². The van der Waals surface area contributed by atoms with Gasteiger partial charge in [-0.15, -0.1) is 0 Å². The maximum Gasteiger partial charge on any atom is 0.313 e. The smallest absolute Gasteiger partial charge is 0.313 e. The zero-order chi connectivity index (χ0) is 32.6. The minimum atomic E-state index is -1.43. The molecule has 0 aliphatic carbocycles. The maximum atomic E-state index is 14.7. The number of cyclic esters (lactones) is 1. The summed E-state index contributed by atoms with van der Waals surface area (Å²) in [5, 5.41) is 10.00. The van der Waals surface area contributed by atoms with Crippen molar-refractivity contribution in [3.05, 3.63) is 84.5 Å². The van der Waals surface area contributed by atoms with Gasteiger partial charge in [0.05, 0.1) is 31.8 Å². The lowest BCUT2D eigenvalue weighted by Gasteiger charge is -2.35. The summed E-state index contributed by atoms with van der Waals surface area (Å²) in [6, 6.07) is 14.5. The number of aliphatic hydroxyl groups is 1. The van der Waals surface area contributed by atoms with Crippen LogP contribution in [0.2, 0.25) is 0 Å². The molecular weight excluding hydrogens is 590 g/mol. The highest BCUT2D eigenvalue weighted by atomic mass is 16.6. The molecule has 2 aromatic rings. The van der Waals surface area contributed by atoms with E-state index in [-0.39, 0.29) is 32.0 Å². The van der Waals surface area contributed by atoms with Crippen molar-refractivity contribution in [1.82, 2.24) is 9.80 Å². The van der Waals surface area contributed by atoms with Gasteiger partial charge in [0, 0.05) is 32.2 Å². The van der Waals surface area contributed by atoms with Gasteiger partial charge >= 0.3 is 5.97 Å². The average Bonchev–Trinajstić information content (AvgIpc) is 3.72. The number of hydrogen-bond donors (Lipinski definition) is 1. The lowest BCUT2D eigenvalue weighted by Crippen LogP contribution is -2.56. The molecule has 11 nitrogen and oxygen atoms in total. The number of fused-ring (bicyclic) bond motifs is 2. The number of likely N-dealkylation sites (tertiary alicyclic amines) is 1. The van der Waals surface area contributed by atoms with Gasteiger partial charge < -0.3 is 34.0 Å². The number of anilines is 1. The zero-order valence-corrected chi connectivity index (χ0v) is 26.2. The number of aliphatic hydroxyl groups excluding tert-OH is 1. The second-order valence-electron chi connectivity index (χ2n) is 12.1. The SMILES string of the molecule is COc1ccc(N2C/C=C\CCC(=O)N(C)[C@H](C)[C@@H](c3ccccc3)OC(=O)[C@@H]3[C@@H]4C=C[C@]5(O4)[C@H](C2=O)N(CCO)C(=O)[C@@H]35)cc1. The first-order valence-electron chi connectivity index (χ1n) is 15.6. The lowest BCUT2D eigenvalue weighted by molar-refractivity contribution is -0.164. The number of carbonyl (C=O) groups is 4. The summed E-state index contributed by atoms with van der Waals surface area (Å²) in [7, 11) is 3.24. The van der Waals surface area contributed by atoms with Gasteiger partial charge in [0.15, 0.2) is 0 Å². The van der Waals surface area contributed by atoms with Gasteiger partial charge in [0.2, 0.25) is 11.8 Å². The van der Waals surface area contributed by atoms with Crippen LogP contribution in [0.1, 0.15) is 31.4 Å². The molecule has 0 radical (unpaired) electrons. The van der Waals surface area contributed by atoms with Gasteiger partial charge in [-0.2, -0.15) is 0 Å². The number of β-amino-alcohol motifs (C(OH)–C–C–N with tert-alkyl or cyclic N) is 1. The number of ether oxygens (including phenoxy) is 3. The van der Waals surface area contributed by atoms with E-state index < -0.39 is 59.5 Å². The number of benzene rings is 2. The van der Waals surface area contributed by atoms with Crippen LogP contribution in [0.5, 0.6) is 5.75 Å². The van der Waals surface area contributed by atoms with Gasteiger partial charge in [-0.25, -0.2) is 0 Å². The first kappa shape index (κ1) is 31.5. The molecule has 2 fully saturated rings. The lowest BCUT2D eigenvalue weighted by atomic mass is 9.74. The fourth-order valence-electron chi connectivity index (χ4n) is 7.20. The fraction of sp³-hybridized carbons (Fsp3) is 0.429. The highest BCUT2D eigenvalue weighted by Gasteiger charge is 2.73. The van der Waals surface area contributed by atoms with Crippen LogP contribution in [0.15, 0.2) is 78.9 Å². The Balaban J connectivity index is 1.44. The fourth-order valence-corrected chi connectivity index (χ4v) is 7.20. The average molecular weight is 630 g/mol. The Hall–Kier alpha value is -4.48. The maximum absolute atomic E-state index is 14.7. The third kappa shape index (κ3) is 5.27. The van der Waals surface area contributed by atoms with E-state index >= 15 is 0 Å². The number of methoxy groups -OCH3 is 1. The van der Waals surface area contributed by atoms with Gasteiger partial charge in [-0.05, 0) is 43.2 Å². The first-order chi connectivity index (χ1) is 22.2. The molecule has 4 aliphatic heterocycles. The predicted molar refractivity (Wildman–Crippen MR) is 168 cm³/mol. The van der Waals surface area contributed by atoms with E-state index in [1.165, 1.54) is 4.90 Å². The number of carbonyl (C=O) groups excluding carboxylic acids is 4. The molecule has 4 heterocycles. The summed E-state index contributed by atoms with van der Waals surface area (Å²) >= 11 is 0. The molecule has 0 aromatic heterocycles. The number of esters is 1. The van der Waals surface area contributed by atoms with Crippen molar-refractivity contribution in [2.45, 2.75) is 49.7 Å². The third-order valence-electron chi connectivity index (χ3n) is 9.66. The summed E-state index contributed by atoms with van der Waals surface area (Å²) in [5.74, 6) is -3.10. The monoisotopic (exact) mass is 629 g/mol. The van der Waals surface area contributed by atoms with Crippen LogP contribution in [0.3, 0.4) is 0 Å². The molecule has 46 heavy (non-hydrogen) atoms. The molecule has 2 aromatic carbocycles. The molecule has 6 rings (SSSR count). The molecule has 3 amide bonds. The first-order valence-corrected chi connectivity index (χ1v) is 15.6. The highest BCUT2D eigenvalue weighted by Crippen LogP contribution is 2.56. The van der Waals surface area contributed by atoms with Crippen molar-refractivity contribution in [1.29, 1.82) is 0 Å². The largest absolute Gasteiger partial charge is 0.497 e. The molecule has 242 valence electrons. The van der Waals surface area contributed by atoms with E-state index in [1.807, 2.05) is 49.4 Å². The number of amides is 3. The molecule has 1 N–H and O–H groups in total. The van der Waals surface area contributed by atoms with Crippen molar-refractivity contribution >= 4 is 29.4 Å². The molecule has 11 heteroatoms. The van der Waals surface area contributed by atoms with Gasteiger partial charge in [-0.3, -0.25) is 19.2 Å². The number of rotatable bonds is 5. The van der Waals surface area contributed by atoms with Crippen LogP contribution < -0.4 is 9.64 Å². The molecular formula is C35H39N3O8. The second-order valence-corrected chi connectivity index (χ2v) is 12.1. The summed E-state index contributed by atoms with van der Waals surface area (Å²) in [6.45, 7) is 1.49. The second kappa shape index (κ2) is 12.7. The van der Waals surface area contributed by atoms with Crippen LogP contribution >= 0.6 is 0 Å². The van der Waals surface area contributed by atoms with Crippen molar-refractivity contribution in [2.24, 2.45) is 11.8 Å². The van der Waals surface area contributed by atoms with Crippen molar-refractivity contribution in [2.75, 3.05) is 38.8 Å². The topological polar surface area (TPSA) is 126 Å². The van der Waals surface area contributed by atoms with Gasteiger partial charge in [-0.1, -0.05) is 54.6 Å². The Morgan fingerprint density at radius 3 is 2.43 bits per heavy atom. The Labute approximate surface area is 268 Å². The number of allylic oxidation sites excluding steroid dienone is 1. The number of nitrogens with zero attached hydrogens (tertiary/aromatic N) is 3. The van der Waals surface area contributed by atoms with E-state index in [0.29, 0.717) is 23.4 Å². The van der Waals surface area contributed by atoms with Crippen LogP contribution in [-0.2, 0) is 28.7 Å². The van der Waals surface area contributed by atoms with E-state index in [1.54, 1.807) is 60.4 Å². The molecule has 5 bridgehead atoms. The molecule has 7 atom stereocenters. The van der Waals surface area contributed by atoms with Crippen LogP contribution in [0.4, 0.5) is 5.69 Å². The summed E-state index contributed by atoms with van der Waals surface area (Å²) in [5.41, 5.74) is -0.161. The Kier molecular flexibility index (Phi) is 8.71. The molecule has 0 unspecified atom stereocenters. The van der Waals surface area contributed by atoms with Gasteiger partial charge in [0.25, 0.3) is 5.91 Å². The molecule has 2 saturated heterocycles. The van der Waals surface area contributed by atoms with Crippen LogP contribution in [0, 0.1) is 11.8 Å². The van der Waals surface area contributed by atoms with Crippen molar-refractivity contribution in [3.8, 4) is 5.75 Å². The summed E-state index contributed by atoms with van der Waals surface area (Å²) in [4.78, 5) is 60.8. The molecule has 4 aliphatic rings. The molecule has 1 spiro atoms. The van der Waals surface area contributed by atoms with Crippen LogP contribution in [0.25, 0.3) is 0 Å². The van der Waals surface area contributed by atoms with Crippen molar-refractivity contribution in [3.63, 3.8) is 0 Å². The van der Waals surface area contributed by atoms with Gasteiger partial charge in [0.1, 0.15) is 29.4 Å². The zero-order valence-electron chi connectivity index (χ0n) is 26.2. The molecule has 0 saturated carbocycles. The summed E-state index contributed by atoms with van der Waals surface area (Å²) in [6.07, 6.45) is 6.17. The number of likely N-dealkylation sites (N-methyl/N-ethyl adjacent to an activating group) is 1. The highest BCUT2D eigenvalue weighted by molar-refractivity contribution is 6.05. The van der Waals surface area contributed by atoms with E-state index in [4.69, 9.17) is 14.2 Å². The number of hydrogen-bond acceptors (Lipinski definition) is 8. The summed E-state index contributed by atoms with van der Waals surface area (Å²) < 4.78 is 18.0. The Bertz CT molecular complexity index is 1540. The van der Waals surface area contributed by atoms with E-state index in [2.05, 4.69) is 0 Å². The normalized spacial score (nSPS) is 32.1. The standard InChI is InChI=1S/C35H39N3O8/c1-22-30(23-10-6-4-7-11-23)45-34(43)28-26-17-18-35(46-26)29(28)32(41)38(20-21-39)31(35)33(42)37(24-13-15-25(44-3)16-14-24)19-9-5-8-12-27(40)36(22)2/h4-7,9-11,13-18,22,26,28-31,39H,8,12,19-21H2,1-3H3/b9-5-/t22-,26+,28-,29-,30+,31+,35-/m1/s1.